The second-order valence-corrected chi connectivity index (χ2v) is 4.80. The molecule has 0 radical (unpaired) electrons. The summed E-state index contributed by atoms with van der Waals surface area (Å²) in [5.74, 6) is 0. The Kier molecular flexibility index (Phi) is 7.77. The number of hydrogen-bond donors (Lipinski definition) is 1. The quantitative estimate of drug-likeness (QED) is 0.649. The van der Waals surface area contributed by atoms with Crippen molar-refractivity contribution in [3.63, 3.8) is 0 Å². The van der Waals surface area contributed by atoms with Gasteiger partial charge in [0.1, 0.15) is 0 Å². The smallest absolute Gasteiger partial charge is 0.0674 e. The Balaban J connectivity index is 2.10. The average Bonchev–Trinajstić information content (AvgIpc) is 2.34. The minimum atomic E-state index is 0.381. The third kappa shape index (κ3) is 5.82. The van der Waals surface area contributed by atoms with Crippen LogP contribution in [-0.2, 0) is 9.47 Å². The van der Waals surface area contributed by atoms with E-state index >= 15 is 0 Å². The topological polar surface area (TPSA) is 33.7 Å². The van der Waals surface area contributed by atoms with Crippen LogP contribution in [0.3, 0.4) is 0 Å². The molecular weight excluding hydrogens is 216 g/mol. The maximum Gasteiger partial charge on any atom is 0.0674 e. The van der Waals surface area contributed by atoms with Crippen LogP contribution in [0.4, 0.5) is 0 Å². The van der Waals surface area contributed by atoms with Crippen molar-refractivity contribution in [2.24, 2.45) is 0 Å². The van der Waals surface area contributed by atoms with E-state index in [4.69, 9.17) is 9.47 Å². The molecule has 1 N–H and O–H groups in total. The molecule has 1 heterocycles. The minimum absolute atomic E-state index is 0.381. The van der Waals surface area contributed by atoms with Crippen LogP contribution in [0.5, 0.6) is 0 Å². The fourth-order valence-corrected chi connectivity index (χ4v) is 2.25. The van der Waals surface area contributed by atoms with Gasteiger partial charge in [-0.3, -0.25) is 4.90 Å². The van der Waals surface area contributed by atoms with Crippen molar-refractivity contribution < 1.29 is 9.47 Å². The van der Waals surface area contributed by atoms with E-state index in [2.05, 4.69) is 24.1 Å². The molecule has 0 saturated carbocycles. The molecule has 0 amide bonds. The van der Waals surface area contributed by atoms with Crippen molar-refractivity contribution in [1.29, 1.82) is 0 Å². The van der Waals surface area contributed by atoms with Crippen LogP contribution in [0.25, 0.3) is 0 Å². The van der Waals surface area contributed by atoms with Crippen molar-refractivity contribution in [2.45, 2.75) is 38.8 Å². The van der Waals surface area contributed by atoms with E-state index < -0.39 is 0 Å². The lowest BCUT2D eigenvalue weighted by molar-refractivity contribution is -0.0550. The summed E-state index contributed by atoms with van der Waals surface area (Å²) in [4.78, 5) is 2.55. The van der Waals surface area contributed by atoms with Crippen LogP contribution in [0.1, 0.15) is 26.7 Å². The van der Waals surface area contributed by atoms with Gasteiger partial charge in [0.2, 0.25) is 0 Å². The summed E-state index contributed by atoms with van der Waals surface area (Å²) < 4.78 is 10.7. The molecule has 2 atom stereocenters. The third-order valence-electron chi connectivity index (χ3n) is 3.33. The van der Waals surface area contributed by atoms with E-state index in [1.54, 1.807) is 7.11 Å². The van der Waals surface area contributed by atoms with E-state index in [1.807, 2.05) is 0 Å². The largest absolute Gasteiger partial charge is 0.385 e. The van der Waals surface area contributed by atoms with Gasteiger partial charge in [0.25, 0.3) is 0 Å². The predicted octanol–water partition coefficient (Wildman–Crippen LogP) is 1.11. The lowest BCUT2D eigenvalue weighted by atomic mass is 10.1. The molecule has 0 aromatic heterocycles. The molecule has 2 unspecified atom stereocenters. The zero-order chi connectivity index (χ0) is 12.5. The number of ether oxygens (including phenoxy) is 2. The number of nitrogens with one attached hydrogen (secondary N) is 1. The lowest BCUT2D eigenvalue weighted by Crippen LogP contribution is -2.50. The van der Waals surface area contributed by atoms with Crippen LogP contribution >= 0.6 is 0 Å². The van der Waals surface area contributed by atoms with Gasteiger partial charge in [0.15, 0.2) is 0 Å². The molecule has 1 saturated heterocycles. The molecule has 0 bridgehead atoms. The lowest BCUT2D eigenvalue weighted by Gasteiger charge is -2.38. The van der Waals surface area contributed by atoms with Crippen LogP contribution < -0.4 is 5.32 Å². The number of methoxy groups -OCH3 is 1. The highest BCUT2D eigenvalue weighted by Crippen LogP contribution is 2.13. The fraction of sp³-hybridized carbons (Fsp3) is 1.00. The van der Waals surface area contributed by atoms with Gasteiger partial charge in [-0.2, -0.15) is 0 Å². The van der Waals surface area contributed by atoms with Crippen LogP contribution in [-0.4, -0.2) is 63.5 Å². The average molecular weight is 244 g/mol. The summed E-state index contributed by atoms with van der Waals surface area (Å²) in [5, 5.41) is 3.46. The van der Waals surface area contributed by atoms with Crippen molar-refractivity contribution in [2.75, 3.05) is 46.5 Å². The van der Waals surface area contributed by atoms with Crippen molar-refractivity contribution >= 4 is 0 Å². The van der Waals surface area contributed by atoms with Crippen molar-refractivity contribution in [1.82, 2.24) is 10.2 Å². The third-order valence-corrected chi connectivity index (χ3v) is 3.33. The Morgan fingerprint density at radius 3 is 2.94 bits per heavy atom. The molecule has 0 spiro atoms. The summed E-state index contributed by atoms with van der Waals surface area (Å²) in [7, 11) is 1.75. The Hall–Kier alpha value is -0.160. The van der Waals surface area contributed by atoms with Gasteiger partial charge in [-0.15, -0.1) is 0 Å². The van der Waals surface area contributed by atoms with Gasteiger partial charge in [-0.25, -0.2) is 0 Å². The first-order valence-electron chi connectivity index (χ1n) is 6.83. The fourth-order valence-electron chi connectivity index (χ4n) is 2.25. The van der Waals surface area contributed by atoms with Gasteiger partial charge in [0.05, 0.1) is 12.7 Å². The van der Waals surface area contributed by atoms with E-state index in [1.165, 1.54) is 6.42 Å². The van der Waals surface area contributed by atoms with Crippen LogP contribution in [0.15, 0.2) is 0 Å². The Bertz CT molecular complexity index is 190. The minimum Gasteiger partial charge on any atom is -0.385 e. The molecule has 0 aromatic carbocycles. The van der Waals surface area contributed by atoms with Crippen molar-refractivity contribution in [3.05, 3.63) is 0 Å². The molecule has 102 valence electrons. The zero-order valence-electron chi connectivity index (χ0n) is 11.6. The van der Waals surface area contributed by atoms with E-state index in [9.17, 15) is 0 Å². The summed E-state index contributed by atoms with van der Waals surface area (Å²) in [6, 6.07) is 0.604. The Morgan fingerprint density at radius 1 is 1.41 bits per heavy atom. The SMILES string of the molecule is CCC1COC(C)CN1CCNCCCOC. The van der Waals surface area contributed by atoms with Crippen LogP contribution in [0.2, 0.25) is 0 Å². The normalized spacial score (nSPS) is 26.3. The standard InChI is InChI=1S/C13H28N2O2/c1-4-13-11-17-12(2)10-15(13)8-7-14-6-5-9-16-3/h12-14H,4-11H2,1-3H3. The second kappa shape index (κ2) is 8.86. The molecule has 4 heteroatoms. The molecule has 0 aliphatic carbocycles. The molecule has 0 aromatic rings. The molecule has 4 nitrogen and oxygen atoms in total. The van der Waals surface area contributed by atoms with Crippen LogP contribution in [0, 0.1) is 0 Å². The highest BCUT2D eigenvalue weighted by Gasteiger charge is 2.24. The molecule has 17 heavy (non-hydrogen) atoms. The maximum absolute atomic E-state index is 5.69. The first kappa shape index (κ1) is 14.9. The predicted molar refractivity (Wildman–Crippen MR) is 70.4 cm³/mol. The van der Waals surface area contributed by atoms with Gasteiger partial charge >= 0.3 is 0 Å². The van der Waals surface area contributed by atoms with E-state index in [0.717, 1.165) is 45.8 Å². The van der Waals surface area contributed by atoms with E-state index in [0.29, 0.717) is 12.1 Å². The number of morpholine rings is 1. The monoisotopic (exact) mass is 244 g/mol. The van der Waals surface area contributed by atoms with E-state index in [-0.39, 0.29) is 0 Å². The summed E-state index contributed by atoms with van der Waals surface area (Å²) in [6.45, 7) is 10.4. The molecular formula is C13H28N2O2. The Morgan fingerprint density at radius 2 is 2.24 bits per heavy atom. The second-order valence-electron chi connectivity index (χ2n) is 4.80. The maximum atomic E-state index is 5.69. The molecule has 1 aliphatic heterocycles. The van der Waals surface area contributed by atoms with Gasteiger partial charge in [-0.05, 0) is 26.3 Å². The summed E-state index contributed by atoms with van der Waals surface area (Å²) in [6.07, 6.45) is 2.65. The Labute approximate surface area is 106 Å². The first-order chi connectivity index (χ1) is 8.27. The summed E-state index contributed by atoms with van der Waals surface area (Å²) >= 11 is 0. The van der Waals surface area contributed by atoms with Crippen molar-refractivity contribution in [3.8, 4) is 0 Å². The molecule has 1 aliphatic rings. The molecule has 1 rings (SSSR count). The van der Waals surface area contributed by atoms with Gasteiger partial charge in [-0.1, -0.05) is 6.92 Å². The summed E-state index contributed by atoms with van der Waals surface area (Å²) in [5.41, 5.74) is 0. The first-order valence-corrected chi connectivity index (χ1v) is 6.83. The van der Waals surface area contributed by atoms with Gasteiger partial charge < -0.3 is 14.8 Å². The van der Waals surface area contributed by atoms with Gasteiger partial charge in [0, 0.05) is 39.4 Å². The number of nitrogens with zero attached hydrogens (tertiary/aromatic N) is 1. The molecule has 1 fully saturated rings. The highest BCUT2D eigenvalue weighted by atomic mass is 16.5. The number of rotatable bonds is 8. The zero-order valence-corrected chi connectivity index (χ0v) is 11.6. The highest BCUT2D eigenvalue weighted by molar-refractivity contribution is 4.77. The number of hydrogen-bond acceptors (Lipinski definition) is 4.